The van der Waals surface area contributed by atoms with Crippen LogP contribution >= 0.6 is 11.3 Å². The van der Waals surface area contributed by atoms with E-state index < -0.39 is 0 Å². The number of ether oxygens (including phenoxy) is 1. The van der Waals surface area contributed by atoms with Crippen LogP contribution in [0.5, 0.6) is 0 Å². The zero-order valence-corrected chi connectivity index (χ0v) is 7.73. The van der Waals surface area contributed by atoms with Crippen LogP contribution in [0.25, 0.3) is 0 Å². The lowest BCUT2D eigenvalue weighted by molar-refractivity contribution is 0.184. The van der Waals surface area contributed by atoms with Crippen LogP contribution in [0.15, 0.2) is 5.38 Å². The first-order chi connectivity index (χ1) is 5.86. The molecule has 1 heterocycles. The normalized spacial score (nSPS) is 9.67. The number of aromatic nitrogens is 1. The van der Waals surface area contributed by atoms with Gasteiger partial charge in [0.2, 0.25) is 0 Å². The molecule has 0 atom stereocenters. The second-order valence-corrected chi connectivity index (χ2v) is 3.27. The van der Waals surface area contributed by atoms with Gasteiger partial charge in [-0.15, -0.1) is 11.3 Å². The van der Waals surface area contributed by atoms with E-state index in [0.717, 1.165) is 17.1 Å². The summed E-state index contributed by atoms with van der Waals surface area (Å²) in [4.78, 5) is 4.28. The van der Waals surface area contributed by atoms with Gasteiger partial charge in [0.15, 0.2) is 0 Å². The molecule has 0 aliphatic carbocycles. The lowest BCUT2D eigenvalue weighted by atomic mass is 10.3. The molecule has 0 saturated heterocycles. The molecule has 0 aromatic carbocycles. The first kappa shape index (κ1) is 9.17. The van der Waals surface area contributed by atoms with Crippen molar-refractivity contribution < 1.29 is 4.74 Å². The molecule has 0 unspecified atom stereocenters. The SMILES string of the molecule is COCc1nc(CCC#N)cs1. The minimum atomic E-state index is 0.538. The molecule has 1 aromatic heterocycles. The molecule has 0 spiro atoms. The second kappa shape index (κ2) is 4.86. The van der Waals surface area contributed by atoms with Gasteiger partial charge in [0, 0.05) is 25.3 Å². The van der Waals surface area contributed by atoms with E-state index in [4.69, 9.17) is 10.00 Å². The molecule has 0 fully saturated rings. The fourth-order valence-electron chi connectivity index (χ4n) is 0.837. The van der Waals surface area contributed by atoms with E-state index in [9.17, 15) is 0 Å². The Labute approximate surface area is 75.6 Å². The number of methoxy groups -OCH3 is 1. The van der Waals surface area contributed by atoms with Gasteiger partial charge in [-0.25, -0.2) is 4.98 Å². The van der Waals surface area contributed by atoms with E-state index in [1.807, 2.05) is 5.38 Å². The predicted octanol–water partition coefficient (Wildman–Crippen LogP) is 1.75. The van der Waals surface area contributed by atoms with E-state index in [2.05, 4.69) is 11.1 Å². The van der Waals surface area contributed by atoms with Crippen molar-refractivity contribution in [3.8, 4) is 6.07 Å². The van der Waals surface area contributed by atoms with Gasteiger partial charge in [-0.2, -0.15) is 5.26 Å². The van der Waals surface area contributed by atoms with E-state index in [0.29, 0.717) is 13.0 Å². The summed E-state index contributed by atoms with van der Waals surface area (Å²) in [5.41, 5.74) is 0.994. The highest BCUT2D eigenvalue weighted by atomic mass is 32.1. The van der Waals surface area contributed by atoms with E-state index in [1.165, 1.54) is 0 Å². The number of hydrogen-bond acceptors (Lipinski definition) is 4. The average molecular weight is 182 g/mol. The van der Waals surface area contributed by atoms with Gasteiger partial charge in [0.05, 0.1) is 18.4 Å². The van der Waals surface area contributed by atoms with Crippen molar-refractivity contribution in [2.45, 2.75) is 19.4 Å². The van der Waals surface area contributed by atoms with Gasteiger partial charge >= 0.3 is 0 Å². The highest BCUT2D eigenvalue weighted by molar-refractivity contribution is 7.09. The summed E-state index contributed by atoms with van der Waals surface area (Å²) in [7, 11) is 1.65. The quantitative estimate of drug-likeness (QED) is 0.712. The first-order valence-electron chi connectivity index (χ1n) is 3.66. The Morgan fingerprint density at radius 2 is 2.58 bits per heavy atom. The summed E-state index contributed by atoms with van der Waals surface area (Å²) in [6, 6.07) is 2.09. The maximum absolute atomic E-state index is 8.34. The zero-order valence-electron chi connectivity index (χ0n) is 6.91. The molecule has 64 valence electrons. The third kappa shape index (κ3) is 2.61. The minimum absolute atomic E-state index is 0.538. The third-order valence-corrected chi connectivity index (χ3v) is 2.23. The summed E-state index contributed by atoms with van der Waals surface area (Å²) in [6.07, 6.45) is 1.28. The maximum Gasteiger partial charge on any atom is 0.119 e. The van der Waals surface area contributed by atoms with Gasteiger partial charge in [-0.05, 0) is 0 Å². The summed E-state index contributed by atoms with van der Waals surface area (Å²) >= 11 is 1.58. The van der Waals surface area contributed by atoms with Crippen LogP contribution in [0.1, 0.15) is 17.1 Å². The van der Waals surface area contributed by atoms with Crippen molar-refractivity contribution in [2.75, 3.05) is 7.11 Å². The summed E-state index contributed by atoms with van der Waals surface area (Å²) in [6.45, 7) is 0.567. The third-order valence-electron chi connectivity index (χ3n) is 1.36. The monoisotopic (exact) mass is 182 g/mol. The molecule has 1 rings (SSSR count). The number of hydrogen-bond donors (Lipinski definition) is 0. The Morgan fingerprint density at radius 1 is 1.75 bits per heavy atom. The van der Waals surface area contributed by atoms with Gasteiger partial charge in [0.25, 0.3) is 0 Å². The first-order valence-corrected chi connectivity index (χ1v) is 4.54. The largest absolute Gasteiger partial charge is 0.378 e. The molecule has 0 aliphatic heterocycles. The second-order valence-electron chi connectivity index (χ2n) is 2.32. The zero-order chi connectivity index (χ0) is 8.81. The average Bonchev–Trinajstić information content (AvgIpc) is 2.50. The molecule has 0 aliphatic rings. The van der Waals surface area contributed by atoms with Crippen molar-refractivity contribution in [1.82, 2.24) is 4.98 Å². The van der Waals surface area contributed by atoms with Gasteiger partial charge < -0.3 is 4.74 Å². The van der Waals surface area contributed by atoms with Crippen LogP contribution in [0.2, 0.25) is 0 Å². The Balaban J connectivity index is 2.47. The molecule has 3 nitrogen and oxygen atoms in total. The molecule has 1 aromatic rings. The number of nitrogens with zero attached hydrogens (tertiary/aromatic N) is 2. The highest BCUT2D eigenvalue weighted by Gasteiger charge is 2.00. The Kier molecular flexibility index (Phi) is 3.71. The Bertz CT molecular complexity index is 277. The summed E-state index contributed by atoms with van der Waals surface area (Å²) in [5, 5.41) is 11.3. The van der Waals surface area contributed by atoms with Crippen LogP contribution in [-0.2, 0) is 17.8 Å². The summed E-state index contributed by atoms with van der Waals surface area (Å²) < 4.78 is 4.93. The van der Waals surface area contributed by atoms with Crippen LogP contribution in [0.4, 0.5) is 0 Å². The molecule has 0 saturated carbocycles. The Morgan fingerprint density at radius 3 is 3.25 bits per heavy atom. The van der Waals surface area contributed by atoms with Crippen LogP contribution in [-0.4, -0.2) is 12.1 Å². The number of aryl methyl sites for hydroxylation is 1. The van der Waals surface area contributed by atoms with Crippen LogP contribution in [0, 0.1) is 11.3 Å². The Hall–Kier alpha value is -0.920. The van der Waals surface area contributed by atoms with Gasteiger partial charge in [-0.3, -0.25) is 0 Å². The molecule has 0 bridgehead atoms. The molecule has 12 heavy (non-hydrogen) atoms. The lowest BCUT2D eigenvalue weighted by Gasteiger charge is -1.90. The number of rotatable bonds is 4. The maximum atomic E-state index is 8.34. The van der Waals surface area contributed by atoms with Crippen molar-refractivity contribution in [1.29, 1.82) is 5.26 Å². The van der Waals surface area contributed by atoms with Gasteiger partial charge in [0.1, 0.15) is 5.01 Å². The molecular weight excluding hydrogens is 172 g/mol. The van der Waals surface area contributed by atoms with E-state index >= 15 is 0 Å². The molecular formula is C8H10N2OS. The molecule has 0 radical (unpaired) electrons. The highest BCUT2D eigenvalue weighted by Crippen LogP contribution is 2.11. The number of thiazole rings is 1. The van der Waals surface area contributed by atoms with E-state index in [-0.39, 0.29) is 0 Å². The number of nitriles is 1. The van der Waals surface area contributed by atoms with Gasteiger partial charge in [-0.1, -0.05) is 0 Å². The van der Waals surface area contributed by atoms with E-state index in [1.54, 1.807) is 18.4 Å². The smallest absolute Gasteiger partial charge is 0.119 e. The van der Waals surface area contributed by atoms with Crippen molar-refractivity contribution in [3.05, 3.63) is 16.1 Å². The molecule has 0 amide bonds. The van der Waals surface area contributed by atoms with Crippen molar-refractivity contribution in [2.24, 2.45) is 0 Å². The van der Waals surface area contributed by atoms with Crippen LogP contribution < -0.4 is 0 Å². The fourth-order valence-corrected chi connectivity index (χ4v) is 1.64. The predicted molar refractivity (Wildman–Crippen MR) is 46.8 cm³/mol. The summed E-state index contributed by atoms with van der Waals surface area (Å²) in [5.74, 6) is 0. The topological polar surface area (TPSA) is 45.9 Å². The van der Waals surface area contributed by atoms with Crippen LogP contribution in [0.3, 0.4) is 0 Å². The molecule has 4 heteroatoms. The fraction of sp³-hybridized carbons (Fsp3) is 0.500. The standard InChI is InChI=1S/C8H10N2OS/c1-11-5-8-10-7(6-12-8)3-2-4-9/h6H,2-3,5H2,1H3. The van der Waals surface area contributed by atoms with Crippen molar-refractivity contribution >= 4 is 11.3 Å². The van der Waals surface area contributed by atoms with Crippen molar-refractivity contribution in [3.63, 3.8) is 0 Å². The molecule has 0 N–H and O–H groups in total. The lowest BCUT2D eigenvalue weighted by Crippen LogP contribution is -1.88. The minimum Gasteiger partial charge on any atom is -0.378 e.